The summed E-state index contributed by atoms with van der Waals surface area (Å²) >= 11 is 3.55. The number of nitrogens with one attached hydrogen (secondary N) is 1. The lowest BCUT2D eigenvalue weighted by molar-refractivity contribution is 0.500. The smallest absolute Gasteiger partial charge is 0.0468 e. The fraction of sp³-hybridized carbons (Fsp3) is 0.333. The van der Waals surface area contributed by atoms with Crippen LogP contribution in [0.1, 0.15) is 29.3 Å². The van der Waals surface area contributed by atoms with Gasteiger partial charge in [-0.2, -0.15) is 11.3 Å². The lowest BCUT2D eigenvalue weighted by Crippen LogP contribution is -2.27. The highest BCUT2D eigenvalue weighted by Crippen LogP contribution is 2.22. The van der Waals surface area contributed by atoms with Gasteiger partial charge < -0.3 is 0 Å². The summed E-state index contributed by atoms with van der Waals surface area (Å²) in [7, 11) is 0. The lowest BCUT2D eigenvalue weighted by atomic mass is 10.0. The standard InChI is InChI=1S/C12H16N2S2/c13-14-12(10-6-8-15-9-10)5-1-3-11-4-2-7-16-11/h2,4,6-9,12,14H,1,3,5,13H2. The van der Waals surface area contributed by atoms with Crippen LogP contribution in [0.15, 0.2) is 34.3 Å². The predicted octanol–water partition coefficient (Wildman–Crippen LogP) is 3.34. The minimum Gasteiger partial charge on any atom is -0.271 e. The summed E-state index contributed by atoms with van der Waals surface area (Å²) in [6.45, 7) is 0. The van der Waals surface area contributed by atoms with Crippen LogP contribution in [0.25, 0.3) is 0 Å². The molecule has 2 heterocycles. The van der Waals surface area contributed by atoms with Crippen LogP contribution in [0, 0.1) is 0 Å². The van der Waals surface area contributed by atoms with Gasteiger partial charge in [-0.3, -0.25) is 11.3 Å². The molecule has 16 heavy (non-hydrogen) atoms. The summed E-state index contributed by atoms with van der Waals surface area (Å²) in [4.78, 5) is 1.46. The first kappa shape index (κ1) is 11.8. The van der Waals surface area contributed by atoms with E-state index in [4.69, 9.17) is 5.84 Å². The number of nitrogens with two attached hydrogens (primary N) is 1. The second kappa shape index (κ2) is 6.15. The molecule has 0 aliphatic heterocycles. The van der Waals surface area contributed by atoms with Gasteiger partial charge in [0.1, 0.15) is 0 Å². The van der Waals surface area contributed by atoms with E-state index < -0.39 is 0 Å². The first-order valence-electron chi connectivity index (χ1n) is 5.41. The summed E-state index contributed by atoms with van der Waals surface area (Å²) in [5, 5.41) is 6.39. The summed E-state index contributed by atoms with van der Waals surface area (Å²) in [5.41, 5.74) is 4.20. The normalized spacial score (nSPS) is 12.8. The van der Waals surface area contributed by atoms with Gasteiger partial charge in [-0.25, -0.2) is 0 Å². The fourth-order valence-electron chi connectivity index (χ4n) is 1.75. The molecule has 0 fully saturated rings. The van der Waals surface area contributed by atoms with E-state index in [2.05, 4.69) is 39.8 Å². The largest absolute Gasteiger partial charge is 0.271 e. The average Bonchev–Trinajstić information content (AvgIpc) is 2.96. The van der Waals surface area contributed by atoms with Gasteiger partial charge >= 0.3 is 0 Å². The van der Waals surface area contributed by atoms with E-state index in [0.717, 1.165) is 12.8 Å². The highest BCUT2D eigenvalue weighted by molar-refractivity contribution is 7.09. The van der Waals surface area contributed by atoms with Crippen LogP contribution in [-0.2, 0) is 6.42 Å². The van der Waals surface area contributed by atoms with Crippen molar-refractivity contribution in [3.63, 3.8) is 0 Å². The molecule has 0 bridgehead atoms. The van der Waals surface area contributed by atoms with Crippen LogP contribution in [0.4, 0.5) is 0 Å². The first-order valence-corrected chi connectivity index (χ1v) is 7.23. The molecular weight excluding hydrogens is 236 g/mol. The summed E-state index contributed by atoms with van der Waals surface area (Å²) < 4.78 is 0. The number of hydrogen-bond acceptors (Lipinski definition) is 4. The van der Waals surface area contributed by atoms with E-state index in [1.54, 1.807) is 11.3 Å². The van der Waals surface area contributed by atoms with Gasteiger partial charge in [0.2, 0.25) is 0 Å². The van der Waals surface area contributed by atoms with Crippen LogP contribution in [0.2, 0.25) is 0 Å². The van der Waals surface area contributed by atoms with Gasteiger partial charge in [-0.05, 0) is 53.1 Å². The molecule has 1 unspecified atom stereocenters. The molecule has 2 aromatic rings. The summed E-state index contributed by atoms with van der Waals surface area (Å²) in [5.74, 6) is 5.58. The third-order valence-electron chi connectivity index (χ3n) is 2.64. The van der Waals surface area contributed by atoms with Crippen molar-refractivity contribution in [2.75, 3.05) is 0 Å². The molecule has 0 amide bonds. The minimum atomic E-state index is 0.297. The Bertz CT molecular complexity index is 381. The first-order chi connectivity index (χ1) is 7.90. The maximum absolute atomic E-state index is 5.58. The minimum absolute atomic E-state index is 0.297. The van der Waals surface area contributed by atoms with Crippen LogP contribution >= 0.6 is 22.7 Å². The van der Waals surface area contributed by atoms with Crippen LogP contribution in [0.5, 0.6) is 0 Å². The zero-order chi connectivity index (χ0) is 11.2. The molecule has 2 aromatic heterocycles. The third kappa shape index (κ3) is 3.15. The second-order valence-electron chi connectivity index (χ2n) is 3.75. The molecule has 1 atom stereocenters. The highest BCUT2D eigenvalue weighted by atomic mass is 32.1. The number of hydrazine groups is 1. The molecular formula is C12H16N2S2. The number of thiophene rings is 2. The maximum atomic E-state index is 5.58. The van der Waals surface area contributed by atoms with E-state index in [9.17, 15) is 0 Å². The Hall–Kier alpha value is -0.680. The van der Waals surface area contributed by atoms with Crippen molar-refractivity contribution in [2.45, 2.75) is 25.3 Å². The van der Waals surface area contributed by atoms with Crippen molar-refractivity contribution >= 4 is 22.7 Å². The Labute approximate surface area is 104 Å². The van der Waals surface area contributed by atoms with Crippen molar-refractivity contribution in [3.8, 4) is 0 Å². The Balaban J connectivity index is 1.80. The fourth-order valence-corrected chi connectivity index (χ4v) is 3.22. The molecule has 3 N–H and O–H groups in total. The summed E-state index contributed by atoms with van der Waals surface area (Å²) in [6.07, 6.45) is 3.41. The van der Waals surface area contributed by atoms with Crippen molar-refractivity contribution in [1.82, 2.24) is 5.43 Å². The van der Waals surface area contributed by atoms with Gasteiger partial charge in [-0.1, -0.05) is 6.07 Å². The molecule has 0 saturated heterocycles. The van der Waals surface area contributed by atoms with Gasteiger partial charge in [-0.15, -0.1) is 11.3 Å². The van der Waals surface area contributed by atoms with Crippen molar-refractivity contribution in [3.05, 3.63) is 44.8 Å². The van der Waals surface area contributed by atoms with Crippen molar-refractivity contribution in [1.29, 1.82) is 0 Å². The Morgan fingerprint density at radius 3 is 2.88 bits per heavy atom. The predicted molar refractivity (Wildman–Crippen MR) is 71.6 cm³/mol. The molecule has 0 aromatic carbocycles. The maximum Gasteiger partial charge on any atom is 0.0468 e. The molecule has 2 rings (SSSR count). The topological polar surface area (TPSA) is 38.0 Å². The van der Waals surface area contributed by atoms with Crippen molar-refractivity contribution < 1.29 is 0 Å². The number of rotatable bonds is 6. The molecule has 0 radical (unpaired) electrons. The van der Waals surface area contributed by atoms with Gasteiger partial charge in [0.05, 0.1) is 0 Å². The van der Waals surface area contributed by atoms with Crippen LogP contribution in [-0.4, -0.2) is 0 Å². The van der Waals surface area contributed by atoms with E-state index in [0.29, 0.717) is 6.04 Å². The highest BCUT2D eigenvalue weighted by Gasteiger charge is 2.09. The molecule has 0 aliphatic carbocycles. The van der Waals surface area contributed by atoms with Crippen LogP contribution in [0.3, 0.4) is 0 Å². The number of hydrogen-bond donors (Lipinski definition) is 2. The Morgan fingerprint density at radius 1 is 1.31 bits per heavy atom. The Morgan fingerprint density at radius 2 is 2.25 bits per heavy atom. The Kier molecular flexibility index (Phi) is 4.54. The average molecular weight is 252 g/mol. The summed E-state index contributed by atoms with van der Waals surface area (Å²) in [6, 6.07) is 6.74. The van der Waals surface area contributed by atoms with Gasteiger partial charge in [0.25, 0.3) is 0 Å². The SMILES string of the molecule is NNC(CCCc1cccs1)c1ccsc1. The molecule has 4 heteroatoms. The van der Waals surface area contributed by atoms with E-state index >= 15 is 0 Å². The number of aryl methyl sites for hydroxylation is 1. The zero-order valence-electron chi connectivity index (χ0n) is 9.06. The van der Waals surface area contributed by atoms with Crippen molar-refractivity contribution in [2.24, 2.45) is 5.84 Å². The quantitative estimate of drug-likeness (QED) is 0.611. The van der Waals surface area contributed by atoms with E-state index in [1.165, 1.54) is 16.9 Å². The van der Waals surface area contributed by atoms with Gasteiger partial charge in [0.15, 0.2) is 0 Å². The molecule has 2 nitrogen and oxygen atoms in total. The van der Waals surface area contributed by atoms with E-state index in [1.807, 2.05) is 11.3 Å². The van der Waals surface area contributed by atoms with Crippen LogP contribution < -0.4 is 11.3 Å². The van der Waals surface area contributed by atoms with E-state index in [-0.39, 0.29) is 0 Å². The van der Waals surface area contributed by atoms with Gasteiger partial charge in [0, 0.05) is 10.9 Å². The molecule has 0 spiro atoms. The monoisotopic (exact) mass is 252 g/mol. The zero-order valence-corrected chi connectivity index (χ0v) is 10.7. The second-order valence-corrected chi connectivity index (χ2v) is 5.56. The lowest BCUT2D eigenvalue weighted by Gasteiger charge is -2.13. The molecule has 0 saturated carbocycles. The molecule has 0 aliphatic rings. The third-order valence-corrected chi connectivity index (χ3v) is 4.28. The molecule has 86 valence electrons.